The van der Waals surface area contributed by atoms with Gasteiger partial charge in [-0.2, -0.15) is 0 Å². The molecule has 214 valence electrons. The molecule has 0 aliphatic heterocycles. The van der Waals surface area contributed by atoms with Gasteiger partial charge < -0.3 is 15.2 Å². The molecule has 7 heteroatoms. The predicted octanol–water partition coefficient (Wildman–Crippen LogP) is 6.88. The topological polar surface area (TPSA) is 93.5 Å². The number of rotatable bonds is 9. The molecule has 4 aromatic carbocycles. The van der Waals surface area contributed by atoms with E-state index in [-0.39, 0.29) is 36.5 Å². The van der Waals surface area contributed by atoms with Crippen LogP contribution in [0.25, 0.3) is 32.9 Å². The number of ether oxygens (including phenoxy) is 1. The predicted molar refractivity (Wildman–Crippen MR) is 169 cm³/mol. The first kappa shape index (κ1) is 27.7. The fourth-order valence-corrected chi connectivity index (χ4v) is 5.43. The van der Waals surface area contributed by atoms with E-state index in [4.69, 9.17) is 9.72 Å². The maximum atomic E-state index is 14.2. The molecule has 0 spiro atoms. The van der Waals surface area contributed by atoms with Gasteiger partial charge in [0.15, 0.2) is 5.75 Å². The van der Waals surface area contributed by atoms with Crippen LogP contribution in [0.4, 0.5) is 0 Å². The normalized spacial score (nSPS) is 11.8. The quantitative estimate of drug-likeness (QED) is 0.198. The van der Waals surface area contributed by atoms with Crippen LogP contribution in [0.5, 0.6) is 11.6 Å². The van der Waals surface area contributed by atoms with Crippen molar-refractivity contribution in [2.45, 2.75) is 25.9 Å². The minimum atomic E-state index is -0.341. The molecular formula is C36H31N3O4. The smallest absolute Gasteiger partial charge is 0.256 e. The van der Waals surface area contributed by atoms with E-state index in [2.05, 4.69) is 5.32 Å². The molecule has 0 bridgehead atoms. The first-order valence-electron chi connectivity index (χ1n) is 14.3. The summed E-state index contributed by atoms with van der Waals surface area (Å²) < 4.78 is 7.68. The lowest BCUT2D eigenvalue weighted by molar-refractivity contribution is 0.0933. The van der Waals surface area contributed by atoms with E-state index in [0.717, 1.165) is 11.1 Å². The van der Waals surface area contributed by atoms with Crippen LogP contribution >= 0.6 is 0 Å². The van der Waals surface area contributed by atoms with Gasteiger partial charge in [-0.1, -0.05) is 104 Å². The average Bonchev–Trinajstić information content (AvgIpc) is 3.05. The number of carbonyl (C=O) groups is 1. The summed E-state index contributed by atoms with van der Waals surface area (Å²) in [6.07, 6.45) is 0.699. The number of pyridine rings is 2. The molecule has 0 saturated carbocycles. The number of hydrogen-bond acceptors (Lipinski definition) is 5. The average molecular weight is 570 g/mol. The van der Waals surface area contributed by atoms with E-state index in [1.54, 1.807) is 12.1 Å². The summed E-state index contributed by atoms with van der Waals surface area (Å²) in [4.78, 5) is 32.0. The second kappa shape index (κ2) is 12.2. The summed E-state index contributed by atoms with van der Waals surface area (Å²) in [6, 6.07) is 35.4. The molecule has 1 atom stereocenters. The van der Waals surface area contributed by atoms with Gasteiger partial charge >= 0.3 is 0 Å². The van der Waals surface area contributed by atoms with Crippen molar-refractivity contribution in [2.75, 3.05) is 6.61 Å². The van der Waals surface area contributed by atoms with Crippen LogP contribution in [0.1, 0.15) is 35.3 Å². The number of carbonyl (C=O) groups excluding carboxylic acids is 1. The summed E-state index contributed by atoms with van der Waals surface area (Å²) in [5.41, 5.74) is 3.01. The standard InChI is InChI=1S/C36H31N3O4/c1-2-29(24-13-5-3-6-14-24)38-35(41)32-28-19-11-12-20-30(28)37-33(25-15-7-4-8-16-25)34(32)43-22-21-39-31(40)23-26-17-9-10-18-27(26)36(39)42/h3-20,23,29,42H,2,21-22H2,1H3,(H,38,41)/t29-/m0/s1. The van der Waals surface area contributed by atoms with E-state index < -0.39 is 0 Å². The zero-order valence-corrected chi connectivity index (χ0v) is 23.7. The maximum Gasteiger partial charge on any atom is 0.256 e. The molecule has 1 amide bonds. The monoisotopic (exact) mass is 569 g/mol. The van der Waals surface area contributed by atoms with Crippen LogP contribution in [0.15, 0.2) is 120 Å². The van der Waals surface area contributed by atoms with E-state index in [9.17, 15) is 14.7 Å². The highest BCUT2D eigenvalue weighted by Gasteiger charge is 2.25. The van der Waals surface area contributed by atoms with Crippen molar-refractivity contribution in [3.63, 3.8) is 0 Å². The third-order valence-electron chi connectivity index (χ3n) is 7.60. The lowest BCUT2D eigenvalue weighted by atomic mass is 10.00. The molecule has 0 radical (unpaired) electrons. The third-order valence-corrected chi connectivity index (χ3v) is 7.60. The van der Waals surface area contributed by atoms with E-state index in [1.807, 2.05) is 104 Å². The van der Waals surface area contributed by atoms with Gasteiger partial charge in [0.1, 0.15) is 12.3 Å². The van der Waals surface area contributed by atoms with Crippen LogP contribution in [-0.2, 0) is 6.54 Å². The van der Waals surface area contributed by atoms with Crippen molar-refractivity contribution in [2.24, 2.45) is 0 Å². The fourth-order valence-electron chi connectivity index (χ4n) is 5.43. The van der Waals surface area contributed by atoms with Gasteiger partial charge in [0.05, 0.1) is 23.7 Å². The van der Waals surface area contributed by atoms with Gasteiger partial charge in [-0.25, -0.2) is 4.98 Å². The summed E-state index contributed by atoms with van der Waals surface area (Å²) in [5.74, 6) is -0.0934. The zero-order valence-electron chi connectivity index (χ0n) is 23.7. The Bertz CT molecular complexity index is 1970. The molecule has 0 aliphatic rings. The van der Waals surface area contributed by atoms with Crippen molar-refractivity contribution >= 4 is 27.6 Å². The summed E-state index contributed by atoms with van der Waals surface area (Å²) in [7, 11) is 0. The number of fused-ring (bicyclic) bond motifs is 2. The Morgan fingerprint density at radius 2 is 1.53 bits per heavy atom. The number of hydrogen-bond donors (Lipinski definition) is 2. The highest BCUT2D eigenvalue weighted by Crippen LogP contribution is 2.37. The summed E-state index contributed by atoms with van der Waals surface area (Å²) in [5, 5.41) is 16.0. The number of aromatic nitrogens is 2. The lowest BCUT2D eigenvalue weighted by Crippen LogP contribution is -2.29. The second-order valence-corrected chi connectivity index (χ2v) is 10.3. The molecule has 2 aromatic heterocycles. The van der Waals surface area contributed by atoms with Crippen molar-refractivity contribution < 1.29 is 14.6 Å². The molecule has 7 nitrogen and oxygen atoms in total. The number of nitrogens with one attached hydrogen (secondary N) is 1. The van der Waals surface area contributed by atoms with Gasteiger partial charge in [-0.05, 0) is 29.5 Å². The first-order valence-corrected chi connectivity index (χ1v) is 14.3. The Hall–Kier alpha value is -5.43. The van der Waals surface area contributed by atoms with E-state index in [1.165, 1.54) is 10.6 Å². The number of amides is 1. The Kier molecular flexibility index (Phi) is 7.87. The molecule has 6 rings (SSSR count). The SMILES string of the molecule is CC[C@H](NC(=O)c1c(OCCn2c(O)c3ccccc3cc2=O)c(-c2ccccc2)nc2ccccc12)c1ccccc1. The Balaban J connectivity index is 1.43. The van der Waals surface area contributed by atoms with Gasteiger partial charge in [0.25, 0.3) is 11.5 Å². The van der Waals surface area contributed by atoms with Gasteiger partial charge in [-0.15, -0.1) is 0 Å². The van der Waals surface area contributed by atoms with Gasteiger partial charge in [-0.3, -0.25) is 14.2 Å². The maximum absolute atomic E-state index is 14.2. The molecule has 0 aliphatic carbocycles. The second-order valence-electron chi connectivity index (χ2n) is 10.3. The zero-order chi connectivity index (χ0) is 29.8. The van der Waals surface area contributed by atoms with Crippen LogP contribution in [0.2, 0.25) is 0 Å². The molecule has 0 saturated heterocycles. The van der Waals surface area contributed by atoms with E-state index >= 15 is 0 Å². The Morgan fingerprint density at radius 3 is 2.28 bits per heavy atom. The minimum absolute atomic E-state index is 0.0157. The molecule has 0 unspecified atom stereocenters. The molecule has 2 heterocycles. The van der Waals surface area contributed by atoms with Crippen molar-refractivity contribution in [3.05, 3.63) is 137 Å². The molecular weight excluding hydrogens is 538 g/mol. The van der Waals surface area contributed by atoms with Crippen LogP contribution in [0.3, 0.4) is 0 Å². The highest BCUT2D eigenvalue weighted by atomic mass is 16.5. The first-order chi connectivity index (χ1) is 21.0. The molecule has 0 fully saturated rings. The van der Waals surface area contributed by atoms with Crippen LogP contribution in [0, 0.1) is 0 Å². The number of nitrogens with zero attached hydrogens (tertiary/aromatic N) is 2. The highest BCUT2D eigenvalue weighted by molar-refractivity contribution is 6.10. The van der Waals surface area contributed by atoms with Crippen LogP contribution in [-0.4, -0.2) is 27.2 Å². The number of aromatic hydroxyl groups is 1. The van der Waals surface area contributed by atoms with Gasteiger partial charge in [0, 0.05) is 22.4 Å². The number of benzene rings is 4. The summed E-state index contributed by atoms with van der Waals surface area (Å²) in [6.45, 7) is 2.12. The summed E-state index contributed by atoms with van der Waals surface area (Å²) >= 11 is 0. The lowest BCUT2D eigenvalue weighted by Gasteiger charge is -2.21. The molecule has 6 aromatic rings. The largest absolute Gasteiger partial charge is 0.494 e. The third kappa shape index (κ3) is 5.57. The van der Waals surface area contributed by atoms with Gasteiger partial charge in [0.2, 0.25) is 5.88 Å². The van der Waals surface area contributed by atoms with Crippen LogP contribution < -0.4 is 15.6 Å². The molecule has 2 N–H and O–H groups in total. The number of para-hydroxylation sites is 1. The Labute approximate surface area is 249 Å². The van der Waals surface area contributed by atoms with Crippen molar-refractivity contribution in [1.82, 2.24) is 14.9 Å². The minimum Gasteiger partial charge on any atom is -0.494 e. The van der Waals surface area contributed by atoms with Crippen molar-refractivity contribution in [1.29, 1.82) is 0 Å². The van der Waals surface area contributed by atoms with Crippen molar-refractivity contribution in [3.8, 4) is 22.9 Å². The fraction of sp³-hybridized carbons (Fsp3) is 0.139. The Morgan fingerprint density at radius 1 is 0.884 bits per heavy atom. The molecule has 43 heavy (non-hydrogen) atoms. The van der Waals surface area contributed by atoms with E-state index in [0.29, 0.717) is 45.1 Å².